The quantitative estimate of drug-likeness (QED) is 0.733. The first-order valence-electron chi connectivity index (χ1n) is 11.8. The van der Waals surface area contributed by atoms with E-state index in [4.69, 9.17) is 0 Å². The van der Waals surface area contributed by atoms with Gasteiger partial charge in [-0.15, -0.1) is 0 Å². The third kappa shape index (κ3) is 2.81. The molecule has 4 fully saturated rings. The van der Waals surface area contributed by atoms with Gasteiger partial charge in [0.1, 0.15) is 0 Å². The second-order valence-electron chi connectivity index (χ2n) is 11.3. The predicted molar refractivity (Wildman–Crippen MR) is 115 cm³/mol. The minimum atomic E-state index is -0.327. The fraction of sp³-hybridized carbons (Fsp3) is 0.800. The highest BCUT2D eigenvalue weighted by Crippen LogP contribution is 2.67. The SMILES string of the molecule is Cc1c(/C=C2/C[C@@H]3[C@H]4CC[C@H]5C[C@@H](O)CC[C@]5(C)[C@@H]4CC[C@]3(C)[C@H]2O)cnn1C. The number of aryl methyl sites for hydroxylation is 1. The van der Waals surface area contributed by atoms with Gasteiger partial charge in [0.05, 0.1) is 18.4 Å². The van der Waals surface area contributed by atoms with Crippen LogP contribution in [0.2, 0.25) is 0 Å². The van der Waals surface area contributed by atoms with Crippen molar-refractivity contribution in [3.8, 4) is 0 Å². The van der Waals surface area contributed by atoms with E-state index >= 15 is 0 Å². The van der Waals surface area contributed by atoms with Gasteiger partial charge in [0.25, 0.3) is 0 Å². The van der Waals surface area contributed by atoms with Crippen molar-refractivity contribution < 1.29 is 10.2 Å². The molecule has 0 unspecified atom stereocenters. The molecule has 1 aromatic heterocycles. The number of hydrogen-bond acceptors (Lipinski definition) is 3. The van der Waals surface area contributed by atoms with Crippen molar-refractivity contribution in [2.75, 3.05) is 0 Å². The highest BCUT2D eigenvalue weighted by molar-refractivity contribution is 5.57. The molecule has 4 heteroatoms. The number of hydrogen-bond donors (Lipinski definition) is 2. The second-order valence-corrected chi connectivity index (χ2v) is 11.3. The van der Waals surface area contributed by atoms with Crippen molar-refractivity contribution >= 4 is 6.08 Å². The smallest absolute Gasteiger partial charge is 0.0809 e. The molecule has 1 heterocycles. The number of fused-ring (bicyclic) bond motifs is 5. The van der Waals surface area contributed by atoms with Crippen molar-refractivity contribution in [1.29, 1.82) is 0 Å². The Morgan fingerprint density at radius 2 is 1.83 bits per heavy atom. The molecule has 0 aromatic carbocycles. The average Bonchev–Trinajstić information content (AvgIpc) is 3.14. The molecule has 2 N–H and O–H groups in total. The van der Waals surface area contributed by atoms with Crippen LogP contribution >= 0.6 is 0 Å². The standard InChI is InChI=1S/C25H38N2O2/c1-15-17(14-26-27(15)4)11-16-12-22-20-6-5-18-13-19(28)7-9-24(18,2)21(20)8-10-25(22,3)23(16)29/h11,14,18-23,28-29H,5-10,12-13H2,1-4H3/b16-11-/t18-,19-,20-,21+,22+,23-,24-,25-/m0/s1. The molecule has 29 heavy (non-hydrogen) atoms. The van der Waals surface area contributed by atoms with Crippen molar-refractivity contribution in [3.05, 3.63) is 23.0 Å². The van der Waals surface area contributed by atoms with Gasteiger partial charge in [0.2, 0.25) is 0 Å². The maximum atomic E-state index is 11.4. The fourth-order valence-corrected chi connectivity index (χ4v) is 8.09. The summed E-state index contributed by atoms with van der Waals surface area (Å²) in [4.78, 5) is 0. The van der Waals surface area contributed by atoms with Gasteiger partial charge in [0, 0.05) is 23.7 Å². The Labute approximate surface area is 175 Å². The van der Waals surface area contributed by atoms with Crippen molar-refractivity contribution in [2.24, 2.45) is 41.5 Å². The molecule has 5 rings (SSSR count). The van der Waals surface area contributed by atoms with Crippen LogP contribution < -0.4 is 0 Å². The van der Waals surface area contributed by atoms with E-state index in [9.17, 15) is 10.2 Å². The molecular formula is C25H38N2O2. The Kier molecular flexibility index (Phi) is 4.57. The highest BCUT2D eigenvalue weighted by atomic mass is 16.3. The first-order chi connectivity index (χ1) is 13.7. The maximum Gasteiger partial charge on any atom is 0.0809 e. The number of rotatable bonds is 1. The van der Waals surface area contributed by atoms with Crippen molar-refractivity contribution in [1.82, 2.24) is 9.78 Å². The molecule has 4 aliphatic carbocycles. The molecule has 0 saturated heterocycles. The summed E-state index contributed by atoms with van der Waals surface area (Å²) in [5.74, 6) is 2.76. The molecule has 160 valence electrons. The molecule has 4 nitrogen and oxygen atoms in total. The van der Waals surface area contributed by atoms with Crippen LogP contribution in [0.15, 0.2) is 11.8 Å². The molecule has 8 atom stereocenters. The highest BCUT2D eigenvalue weighted by Gasteiger charge is 2.61. The number of aliphatic hydroxyl groups excluding tert-OH is 2. The zero-order valence-corrected chi connectivity index (χ0v) is 18.6. The first kappa shape index (κ1) is 19.8. The Morgan fingerprint density at radius 1 is 1.07 bits per heavy atom. The van der Waals surface area contributed by atoms with Gasteiger partial charge in [0.15, 0.2) is 0 Å². The zero-order chi connectivity index (χ0) is 20.6. The van der Waals surface area contributed by atoms with Crippen LogP contribution in [0.5, 0.6) is 0 Å². The summed E-state index contributed by atoms with van der Waals surface area (Å²) < 4.78 is 1.91. The Balaban J connectivity index is 1.45. The minimum Gasteiger partial charge on any atom is -0.393 e. The lowest BCUT2D eigenvalue weighted by Crippen LogP contribution is -2.54. The van der Waals surface area contributed by atoms with Crippen molar-refractivity contribution in [2.45, 2.75) is 84.3 Å². The van der Waals surface area contributed by atoms with Crippen LogP contribution in [-0.2, 0) is 7.05 Å². The fourth-order valence-electron chi connectivity index (χ4n) is 8.09. The molecule has 0 bridgehead atoms. The lowest BCUT2D eigenvalue weighted by Gasteiger charge is -2.60. The van der Waals surface area contributed by atoms with Gasteiger partial charge >= 0.3 is 0 Å². The van der Waals surface area contributed by atoms with Crippen LogP contribution in [0.1, 0.15) is 76.5 Å². The summed E-state index contributed by atoms with van der Waals surface area (Å²) >= 11 is 0. The number of aromatic nitrogens is 2. The Morgan fingerprint density at radius 3 is 2.55 bits per heavy atom. The van der Waals surface area contributed by atoms with E-state index in [1.165, 1.54) is 31.3 Å². The third-order valence-corrected chi connectivity index (χ3v) is 10.1. The molecule has 0 aliphatic heterocycles. The zero-order valence-electron chi connectivity index (χ0n) is 18.6. The monoisotopic (exact) mass is 398 g/mol. The lowest BCUT2D eigenvalue weighted by molar-refractivity contribution is -0.133. The molecule has 4 aliphatic rings. The van der Waals surface area contributed by atoms with Crippen LogP contribution in [-0.4, -0.2) is 32.2 Å². The van der Waals surface area contributed by atoms with Crippen LogP contribution in [0, 0.1) is 41.4 Å². The topological polar surface area (TPSA) is 58.3 Å². The predicted octanol–water partition coefficient (Wildman–Crippen LogP) is 4.49. The third-order valence-electron chi connectivity index (χ3n) is 10.1. The summed E-state index contributed by atoms with van der Waals surface area (Å²) in [6.07, 6.45) is 12.9. The van der Waals surface area contributed by atoms with Gasteiger partial charge in [-0.1, -0.05) is 13.8 Å². The van der Waals surface area contributed by atoms with E-state index in [0.717, 1.165) is 48.8 Å². The van der Waals surface area contributed by atoms with Crippen LogP contribution in [0.25, 0.3) is 6.08 Å². The van der Waals surface area contributed by atoms with Gasteiger partial charge in [-0.25, -0.2) is 0 Å². The van der Waals surface area contributed by atoms with Crippen LogP contribution in [0.4, 0.5) is 0 Å². The molecule has 4 saturated carbocycles. The molecular weight excluding hydrogens is 360 g/mol. The van der Waals surface area contributed by atoms with Gasteiger partial charge < -0.3 is 10.2 Å². The van der Waals surface area contributed by atoms with Gasteiger partial charge in [-0.05, 0) is 99.0 Å². The summed E-state index contributed by atoms with van der Waals surface area (Å²) in [5.41, 5.74) is 3.94. The molecule has 0 amide bonds. The minimum absolute atomic E-state index is 0.0144. The normalized spacial score (nSPS) is 48.3. The van der Waals surface area contributed by atoms with E-state index in [0.29, 0.717) is 17.3 Å². The van der Waals surface area contributed by atoms with Crippen LogP contribution in [0.3, 0.4) is 0 Å². The molecule has 1 aromatic rings. The maximum absolute atomic E-state index is 11.4. The Hall–Kier alpha value is -1.13. The van der Waals surface area contributed by atoms with E-state index in [2.05, 4.69) is 31.9 Å². The molecule has 0 spiro atoms. The summed E-state index contributed by atoms with van der Waals surface area (Å²) in [6, 6.07) is 0. The lowest BCUT2D eigenvalue weighted by atomic mass is 9.45. The number of nitrogens with zero attached hydrogens (tertiary/aromatic N) is 2. The molecule has 0 radical (unpaired) electrons. The Bertz CT molecular complexity index is 829. The second kappa shape index (κ2) is 6.68. The first-order valence-corrected chi connectivity index (χ1v) is 11.8. The number of aliphatic hydroxyl groups is 2. The van der Waals surface area contributed by atoms with Gasteiger partial charge in [-0.2, -0.15) is 5.10 Å². The summed E-state index contributed by atoms with van der Waals surface area (Å²) in [6.45, 7) is 6.99. The summed E-state index contributed by atoms with van der Waals surface area (Å²) in [5, 5.41) is 26.0. The van der Waals surface area contributed by atoms with E-state index in [-0.39, 0.29) is 17.6 Å². The average molecular weight is 399 g/mol. The van der Waals surface area contributed by atoms with E-state index in [1.807, 2.05) is 17.9 Å². The van der Waals surface area contributed by atoms with E-state index < -0.39 is 0 Å². The largest absolute Gasteiger partial charge is 0.393 e. The van der Waals surface area contributed by atoms with Gasteiger partial charge in [-0.3, -0.25) is 4.68 Å². The van der Waals surface area contributed by atoms with Crippen molar-refractivity contribution in [3.63, 3.8) is 0 Å². The summed E-state index contributed by atoms with van der Waals surface area (Å²) in [7, 11) is 1.98. The van der Waals surface area contributed by atoms with E-state index in [1.54, 1.807) is 0 Å².